The molecule has 0 aliphatic heterocycles. The molecule has 0 saturated carbocycles. The number of anilines is 1. The first-order chi connectivity index (χ1) is 10.1. The molecule has 0 amide bonds. The highest BCUT2D eigenvalue weighted by molar-refractivity contribution is 6.33. The van der Waals surface area contributed by atoms with Gasteiger partial charge in [-0.1, -0.05) is 17.7 Å². The van der Waals surface area contributed by atoms with E-state index in [0.29, 0.717) is 16.5 Å². The topological polar surface area (TPSA) is 69.6 Å². The average molecular weight is 300 g/mol. The largest absolute Gasteiger partial charge is 0.398 e. The molecule has 1 aromatic heterocycles. The van der Waals surface area contributed by atoms with Gasteiger partial charge >= 0.3 is 0 Å². The Labute approximate surface area is 127 Å². The van der Waals surface area contributed by atoms with Crippen LogP contribution in [0.2, 0.25) is 5.02 Å². The van der Waals surface area contributed by atoms with E-state index < -0.39 is 0 Å². The van der Waals surface area contributed by atoms with Gasteiger partial charge < -0.3 is 5.73 Å². The fourth-order valence-electron chi connectivity index (χ4n) is 2.06. The molecule has 3 rings (SSSR count). The third-order valence-corrected chi connectivity index (χ3v) is 3.79. The third kappa shape index (κ3) is 2.48. The number of aryl methyl sites for hydroxylation is 2. The summed E-state index contributed by atoms with van der Waals surface area (Å²) in [6.45, 7) is 4.13. The van der Waals surface area contributed by atoms with Crippen LogP contribution in [0.4, 0.5) is 5.69 Å². The number of hydrogen-bond acceptors (Lipinski definition) is 4. The Hall–Kier alpha value is -2.40. The summed E-state index contributed by atoms with van der Waals surface area (Å²) in [5, 5.41) is 12.4. The molecule has 0 atom stereocenters. The van der Waals surface area contributed by atoms with Crippen molar-refractivity contribution in [2.45, 2.75) is 13.8 Å². The van der Waals surface area contributed by atoms with Crippen molar-refractivity contribution in [1.82, 2.24) is 20.2 Å². The minimum absolute atomic E-state index is 0.488. The minimum atomic E-state index is 0.488. The maximum atomic E-state index is 6.07. The van der Waals surface area contributed by atoms with Crippen molar-refractivity contribution < 1.29 is 0 Å². The van der Waals surface area contributed by atoms with Crippen LogP contribution in [-0.2, 0) is 0 Å². The standard InChI is InChI=1S/C15H14ClN5/c1-9-3-5-12(7-10(9)2)21-15(18-19-20-21)11-4-6-14(17)13(16)8-11/h3-8H,17H2,1-2H3. The van der Waals surface area contributed by atoms with Crippen molar-refractivity contribution in [3.05, 3.63) is 52.5 Å². The molecule has 0 unspecified atom stereocenters. The summed E-state index contributed by atoms with van der Waals surface area (Å²) >= 11 is 6.07. The van der Waals surface area contributed by atoms with Crippen molar-refractivity contribution in [3.8, 4) is 17.1 Å². The first kappa shape index (κ1) is 13.6. The fourth-order valence-corrected chi connectivity index (χ4v) is 2.25. The van der Waals surface area contributed by atoms with Crippen LogP contribution < -0.4 is 5.73 Å². The number of tetrazole rings is 1. The lowest BCUT2D eigenvalue weighted by Gasteiger charge is -2.08. The summed E-state index contributed by atoms with van der Waals surface area (Å²) in [7, 11) is 0. The number of nitrogen functional groups attached to an aromatic ring is 1. The molecule has 0 spiro atoms. The quantitative estimate of drug-likeness (QED) is 0.738. The van der Waals surface area contributed by atoms with Gasteiger partial charge in [-0.25, -0.2) is 0 Å². The number of halogens is 1. The zero-order chi connectivity index (χ0) is 15.0. The molecule has 6 heteroatoms. The number of aromatic nitrogens is 4. The summed E-state index contributed by atoms with van der Waals surface area (Å²) in [6, 6.07) is 11.4. The molecule has 5 nitrogen and oxygen atoms in total. The Kier molecular flexibility index (Phi) is 3.35. The fraction of sp³-hybridized carbons (Fsp3) is 0.133. The Morgan fingerprint density at radius 1 is 1.05 bits per heavy atom. The van der Waals surface area contributed by atoms with Gasteiger partial charge in [-0.05, 0) is 65.7 Å². The van der Waals surface area contributed by atoms with E-state index in [-0.39, 0.29) is 0 Å². The van der Waals surface area contributed by atoms with Crippen molar-refractivity contribution in [3.63, 3.8) is 0 Å². The highest BCUT2D eigenvalue weighted by Crippen LogP contribution is 2.27. The van der Waals surface area contributed by atoms with Gasteiger partial charge in [0.15, 0.2) is 5.82 Å². The first-order valence-electron chi connectivity index (χ1n) is 6.47. The van der Waals surface area contributed by atoms with E-state index in [4.69, 9.17) is 17.3 Å². The number of benzene rings is 2. The molecule has 0 aliphatic rings. The van der Waals surface area contributed by atoms with E-state index in [0.717, 1.165) is 11.3 Å². The summed E-state index contributed by atoms with van der Waals surface area (Å²) in [5.74, 6) is 0.625. The molecular formula is C15H14ClN5. The smallest absolute Gasteiger partial charge is 0.187 e. The predicted octanol–water partition coefficient (Wildman–Crippen LogP) is 3.18. The number of hydrogen-bond donors (Lipinski definition) is 1. The second kappa shape index (κ2) is 5.18. The van der Waals surface area contributed by atoms with Gasteiger partial charge in [0, 0.05) is 5.56 Å². The highest BCUT2D eigenvalue weighted by atomic mass is 35.5. The highest BCUT2D eigenvalue weighted by Gasteiger charge is 2.12. The zero-order valence-corrected chi connectivity index (χ0v) is 12.5. The number of nitrogens with two attached hydrogens (primary N) is 1. The van der Waals surface area contributed by atoms with E-state index >= 15 is 0 Å². The Bertz CT molecular complexity index is 744. The summed E-state index contributed by atoms with van der Waals surface area (Å²) in [4.78, 5) is 0. The van der Waals surface area contributed by atoms with Gasteiger partial charge in [-0.3, -0.25) is 0 Å². The van der Waals surface area contributed by atoms with Crippen molar-refractivity contribution in [2.75, 3.05) is 5.73 Å². The first-order valence-corrected chi connectivity index (χ1v) is 6.85. The van der Waals surface area contributed by atoms with Crippen LogP contribution in [0, 0.1) is 13.8 Å². The van der Waals surface area contributed by atoms with Gasteiger partial charge in [-0.2, -0.15) is 4.68 Å². The number of rotatable bonds is 2. The molecule has 21 heavy (non-hydrogen) atoms. The molecule has 0 saturated heterocycles. The lowest BCUT2D eigenvalue weighted by atomic mass is 10.1. The van der Waals surface area contributed by atoms with Gasteiger partial charge in [0.2, 0.25) is 0 Å². The lowest BCUT2D eigenvalue weighted by Crippen LogP contribution is -2.01. The van der Waals surface area contributed by atoms with Crippen LogP contribution in [0.3, 0.4) is 0 Å². The van der Waals surface area contributed by atoms with Gasteiger partial charge in [0.1, 0.15) is 0 Å². The molecule has 2 aromatic carbocycles. The summed E-state index contributed by atoms with van der Waals surface area (Å²) < 4.78 is 1.69. The van der Waals surface area contributed by atoms with Crippen molar-refractivity contribution in [1.29, 1.82) is 0 Å². The monoisotopic (exact) mass is 299 g/mol. The van der Waals surface area contributed by atoms with Crippen molar-refractivity contribution >= 4 is 17.3 Å². The zero-order valence-electron chi connectivity index (χ0n) is 11.7. The second-order valence-electron chi connectivity index (χ2n) is 4.92. The maximum absolute atomic E-state index is 6.07. The van der Waals surface area contributed by atoms with E-state index in [9.17, 15) is 0 Å². The molecule has 106 valence electrons. The van der Waals surface area contributed by atoms with E-state index in [1.54, 1.807) is 16.8 Å². The average Bonchev–Trinajstić information content (AvgIpc) is 2.94. The minimum Gasteiger partial charge on any atom is -0.398 e. The Balaban J connectivity index is 2.12. The third-order valence-electron chi connectivity index (χ3n) is 3.46. The molecule has 3 aromatic rings. The normalized spacial score (nSPS) is 10.8. The molecule has 0 radical (unpaired) electrons. The SMILES string of the molecule is Cc1ccc(-n2nnnc2-c2ccc(N)c(Cl)c2)cc1C. The van der Waals surface area contributed by atoms with Crippen LogP contribution in [0.5, 0.6) is 0 Å². The van der Waals surface area contributed by atoms with Crippen LogP contribution >= 0.6 is 11.6 Å². The second-order valence-corrected chi connectivity index (χ2v) is 5.33. The maximum Gasteiger partial charge on any atom is 0.187 e. The molecule has 0 fully saturated rings. The van der Waals surface area contributed by atoms with Crippen LogP contribution in [0.1, 0.15) is 11.1 Å². The van der Waals surface area contributed by atoms with Gasteiger partial charge in [0.05, 0.1) is 16.4 Å². The van der Waals surface area contributed by atoms with E-state index in [1.807, 2.05) is 24.3 Å². The predicted molar refractivity (Wildman–Crippen MR) is 83.5 cm³/mol. The summed E-state index contributed by atoms with van der Waals surface area (Å²) in [5.41, 5.74) is 10.4. The van der Waals surface area contributed by atoms with Crippen LogP contribution in [-0.4, -0.2) is 20.2 Å². The molecular weight excluding hydrogens is 286 g/mol. The molecule has 0 bridgehead atoms. The van der Waals surface area contributed by atoms with Gasteiger partial charge in [0.25, 0.3) is 0 Å². The van der Waals surface area contributed by atoms with Crippen LogP contribution in [0.25, 0.3) is 17.1 Å². The van der Waals surface area contributed by atoms with Crippen molar-refractivity contribution in [2.24, 2.45) is 0 Å². The Morgan fingerprint density at radius 3 is 2.57 bits per heavy atom. The molecule has 1 heterocycles. The van der Waals surface area contributed by atoms with E-state index in [2.05, 4.69) is 29.4 Å². The Morgan fingerprint density at radius 2 is 1.86 bits per heavy atom. The summed E-state index contributed by atoms with van der Waals surface area (Å²) in [6.07, 6.45) is 0. The molecule has 0 aliphatic carbocycles. The van der Waals surface area contributed by atoms with Gasteiger partial charge in [-0.15, -0.1) is 5.10 Å². The number of nitrogens with zero attached hydrogens (tertiary/aromatic N) is 4. The van der Waals surface area contributed by atoms with Crippen LogP contribution in [0.15, 0.2) is 36.4 Å². The van der Waals surface area contributed by atoms with E-state index in [1.165, 1.54) is 11.1 Å². The lowest BCUT2D eigenvalue weighted by molar-refractivity contribution is 0.790. The molecule has 2 N–H and O–H groups in total.